The average Bonchev–Trinajstić information content (AvgIpc) is 3.20. The molecule has 1 unspecified atom stereocenters. The molecule has 0 radical (unpaired) electrons. The van der Waals surface area contributed by atoms with Crippen LogP contribution in [-0.4, -0.2) is 18.0 Å². The maximum Gasteiger partial charge on any atom is 0.416 e. The number of hydrogen-bond donors (Lipinski definition) is 2. The van der Waals surface area contributed by atoms with E-state index in [1.807, 2.05) is 30.3 Å². The first kappa shape index (κ1) is 20.4. The van der Waals surface area contributed by atoms with Crippen LogP contribution in [0.5, 0.6) is 0 Å². The van der Waals surface area contributed by atoms with Crippen LogP contribution in [0.1, 0.15) is 29.8 Å². The van der Waals surface area contributed by atoms with Crippen molar-refractivity contribution in [1.82, 2.24) is 15.6 Å². The molecular weight excluding hydrogens is 381 g/mol. The summed E-state index contributed by atoms with van der Waals surface area (Å²) in [5.41, 5.74) is 1.39. The first-order valence-corrected chi connectivity index (χ1v) is 9.01. The van der Waals surface area contributed by atoms with Crippen molar-refractivity contribution in [3.8, 4) is 11.5 Å². The lowest BCUT2D eigenvalue weighted by atomic mass is 10.1. The molecule has 29 heavy (non-hydrogen) atoms. The molecule has 0 spiro atoms. The molecule has 0 aliphatic carbocycles. The molecule has 8 heteroatoms. The van der Waals surface area contributed by atoms with E-state index in [9.17, 15) is 13.2 Å². The van der Waals surface area contributed by atoms with Crippen LogP contribution in [0.15, 0.2) is 70.3 Å². The predicted molar refractivity (Wildman–Crippen MR) is 105 cm³/mol. The molecule has 1 aromatic heterocycles. The highest BCUT2D eigenvalue weighted by Crippen LogP contribution is 2.30. The Morgan fingerprint density at radius 1 is 1.14 bits per heavy atom. The van der Waals surface area contributed by atoms with Crippen molar-refractivity contribution in [3.05, 3.63) is 77.7 Å². The van der Waals surface area contributed by atoms with Gasteiger partial charge in [0, 0.05) is 12.6 Å². The van der Waals surface area contributed by atoms with Crippen LogP contribution in [0.4, 0.5) is 13.2 Å². The SMILES string of the molecule is CN=C(NCc1coc(-c2ccccc2)n1)NC(C)c1cccc(C(F)(F)F)c1. The molecule has 3 aromatic rings. The minimum Gasteiger partial charge on any atom is -0.444 e. The summed E-state index contributed by atoms with van der Waals surface area (Å²) < 4.78 is 44.3. The Balaban J connectivity index is 1.61. The monoisotopic (exact) mass is 402 g/mol. The molecule has 2 N–H and O–H groups in total. The van der Waals surface area contributed by atoms with Gasteiger partial charge in [-0.05, 0) is 36.8 Å². The highest BCUT2D eigenvalue weighted by atomic mass is 19.4. The van der Waals surface area contributed by atoms with E-state index in [1.165, 1.54) is 6.07 Å². The third-order valence-corrected chi connectivity index (χ3v) is 4.30. The quantitative estimate of drug-likeness (QED) is 0.476. The zero-order valence-corrected chi connectivity index (χ0v) is 16.0. The third-order valence-electron chi connectivity index (χ3n) is 4.30. The molecule has 0 fully saturated rings. The summed E-state index contributed by atoms with van der Waals surface area (Å²) in [5.74, 6) is 0.960. The summed E-state index contributed by atoms with van der Waals surface area (Å²) in [6.07, 6.45) is -2.82. The molecule has 1 atom stereocenters. The lowest BCUT2D eigenvalue weighted by Crippen LogP contribution is -2.38. The first-order chi connectivity index (χ1) is 13.9. The van der Waals surface area contributed by atoms with E-state index >= 15 is 0 Å². The van der Waals surface area contributed by atoms with Gasteiger partial charge in [0.1, 0.15) is 6.26 Å². The summed E-state index contributed by atoms with van der Waals surface area (Å²) in [6, 6.07) is 14.4. The van der Waals surface area contributed by atoms with E-state index in [0.29, 0.717) is 29.7 Å². The number of aromatic nitrogens is 1. The Bertz CT molecular complexity index is 967. The van der Waals surface area contributed by atoms with Crippen molar-refractivity contribution in [2.75, 3.05) is 7.05 Å². The van der Waals surface area contributed by atoms with Crippen LogP contribution in [0.25, 0.3) is 11.5 Å². The fraction of sp³-hybridized carbons (Fsp3) is 0.238. The zero-order chi connectivity index (χ0) is 20.9. The number of halogens is 3. The number of oxazole rings is 1. The fourth-order valence-electron chi connectivity index (χ4n) is 2.74. The maximum absolute atomic E-state index is 12.9. The van der Waals surface area contributed by atoms with Crippen LogP contribution >= 0.6 is 0 Å². The largest absolute Gasteiger partial charge is 0.444 e. The molecule has 0 bridgehead atoms. The van der Waals surface area contributed by atoms with Crippen molar-refractivity contribution in [1.29, 1.82) is 0 Å². The molecule has 0 saturated heterocycles. The first-order valence-electron chi connectivity index (χ1n) is 9.01. The lowest BCUT2D eigenvalue weighted by Gasteiger charge is -2.19. The van der Waals surface area contributed by atoms with Gasteiger partial charge < -0.3 is 15.1 Å². The normalized spacial score (nSPS) is 13.2. The van der Waals surface area contributed by atoms with E-state index in [0.717, 1.165) is 17.7 Å². The Kier molecular flexibility index (Phi) is 6.21. The number of alkyl halides is 3. The molecular formula is C21H21F3N4O. The topological polar surface area (TPSA) is 62.5 Å². The number of hydrogen-bond acceptors (Lipinski definition) is 3. The zero-order valence-electron chi connectivity index (χ0n) is 16.0. The Labute approximate surface area is 166 Å². The van der Waals surface area contributed by atoms with Crippen molar-refractivity contribution in [2.45, 2.75) is 25.7 Å². The highest BCUT2D eigenvalue weighted by molar-refractivity contribution is 5.80. The van der Waals surface area contributed by atoms with Gasteiger partial charge in [-0.25, -0.2) is 4.98 Å². The smallest absolute Gasteiger partial charge is 0.416 e. The summed E-state index contributed by atoms with van der Waals surface area (Å²) in [4.78, 5) is 8.54. The average molecular weight is 402 g/mol. The molecule has 1 heterocycles. The van der Waals surface area contributed by atoms with Gasteiger partial charge in [0.05, 0.1) is 23.8 Å². The Morgan fingerprint density at radius 2 is 1.90 bits per heavy atom. The minimum absolute atomic E-state index is 0.352. The van der Waals surface area contributed by atoms with Gasteiger partial charge in [-0.3, -0.25) is 4.99 Å². The van der Waals surface area contributed by atoms with Gasteiger partial charge in [0.25, 0.3) is 0 Å². The molecule has 2 aromatic carbocycles. The van der Waals surface area contributed by atoms with Crippen LogP contribution in [-0.2, 0) is 12.7 Å². The molecule has 0 saturated carbocycles. The highest BCUT2D eigenvalue weighted by Gasteiger charge is 2.30. The number of nitrogens with zero attached hydrogens (tertiary/aromatic N) is 2. The van der Waals surface area contributed by atoms with Crippen LogP contribution in [0.2, 0.25) is 0 Å². The van der Waals surface area contributed by atoms with Crippen molar-refractivity contribution < 1.29 is 17.6 Å². The molecule has 3 rings (SSSR count). The molecule has 0 aliphatic rings. The van der Waals surface area contributed by atoms with Gasteiger partial charge in [0.15, 0.2) is 5.96 Å². The standard InChI is InChI=1S/C21H21F3N4O/c1-14(16-9-6-10-17(11-16)21(22,23)24)27-20(25-2)26-12-18-13-29-19(28-18)15-7-4-3-5-8-15/h3-11,13-14H,12H2,1-2H3,(H2,25,26,27). The summed E-state index contributed by atoms with van der Waals surface area (Å²) in [6.45, 7) is 2.12. The molecule has 0 aliphatic heterocycles. The summed E-state index contributed by atoms with van der Waals surface area (Å²) in [7, 11) is 1.59. The van der Waals surface area contributed by atoms with E-state index in [-0.39, 0.29) is 6.04 Å². The van der Waals surface area contributed by atoms with Gasteiger partial charge in [0.2, 0.25) is 5.89 Å². The molecule has 5 nitrogen and oxygen atoms in total. The number of nitrogens with one attached hydrogen (secondary N) is 2. The van der Waals surface area contributed by atoms with E-state index in [1.54, 1.807) is 26.3 Å². The fourth-order valence-corrected chi connectivity index (χ4v) is 2.74. The number of rotatable bonds is 5. The van der Waals surface area contributed by atoms with Crippen LogP contribution in [0, 0.1) is 0 Å². The van der Waals surface area contributed by atoms with Gasteiger partial charge >= 0.3 is 6.18 Å². The number of aliphatic imine (C=N–C) groups is 1. The minimum atomic E-state index is -4.38. The van der Waals surface area contributed by atoms with E-state index in [4.69, 9.17) is 4.42 Å². The second kappa shape index (κ2) is 8.81. The summed E-state index contributed by atoms with van der Waals surface area (Å²) in [5, 5.41) is 6.17. The van der Waals surface area contributed by atoms with E-state index in [2.05, 4.69) is 20.6 Å². The predicted octanol–water partition coefficient (Wildman–Crippen LogP) is 4.79. The third kappa shape index (κ3) is 5.37. The summed E-state index contributed by atoms with van der Waals surface area (Å²) >= 11 is 0. The Morgan fingerprint density at radius 3 is 2.59 bits per heavy atom. The maximum atomic E-state index is 12.9. The van der Waals surface area contributed by atoms with Gasteiger partial charge in [-0.15, -0.1) is 0 Å². The van der Waals surface area contributed by atoms with Gasteiger partial charge in [-0.2, -0.15) is 13.2 Å². The van der Waals surface area contributed by atoms with Crippen LogP contribution < -0.4 is 10.6 Å². The second-order valence-electron chi connectivity index (χ2n) is 6.43. The van der Waals surface area contributed by atoms with Crippen molar-refractivity contribution >= 4 is 5.96 Å². The van der Waals surface area contributed by atoms with E-state index < -0.39 is 11.7 Å². The molecule has 152 valence electrons. The molecule has 0 amide bonds. The van der Waals surface area contributed by atoms with Crippen molar-refractivity contribution in [2.24, 2.45) is 4.99 Å². The van der Waals surface area contributed by atoms with Gasteiger partial charge in [-0.1, -0.05) is 30.3 Å². The Hall–Kier alpha value is -3.29. The van der Waals surface area contributed by atoms with Crippen molar-refractivity contribution in [3.63, 3.8) is 0 Å². The number of guanidine groups is 1. The number of benzene rings is 2. The second-order valence-corrected chi connectivity index (χ2v) is 6.43. The van der Waals surface area contributed by atoms with Crippen LogP contribution in [0.3, 0.4) is 0 Å². The lowest BCUT2D eigenvalue weighted by molar-refractivity contribution is -0.137.